The van der Waals surface area contributed by atoms with Crippen molar-refractivity contribution in [2.75, 3.05) is 0 Å². The van der Waals surface area contributed by atoms with Crippen LogP contribution in [0, 0.1) is 6.42 Å². The Hall–Kier alpha value is -1.70. The first kappa shape index (κ1) is 8.88. The summed E-state index contributed by atoms with van der Waals surface area (Å²) in [4.78, 5) is 8.45. The Kier molecular flexibility index (Phi) is 2.86. The summed E-state index contributed by atoms with van der Waals surface area (Å²) in [7, 11) is 0. The minimum absolute atomic E-state index is 0.831. The molecule has 0 fully saturated rings. The zero-order chi connectivity index (χ0) is 9.64. The average Bonchev–Trinajstić information content (AvgIpc) is 2.29. The molecule has 0 spiro atoms. The van der Waals surface area contributed by atoms with Crippen LogP contribution in [0.5, 0.6) is 0 Å². The standard InChI is InChI=1S/C12H11N2/c1-3-9-13-11(5-1)7-8-12-6-2-4-10-14-12/h1-7,9-10H,8H2. The molecule has 2 nitrogen and oxygen atoms in total. The lowest BCUT2D eigenvalue weighted by molar-refractivity contribution is 1.03. The Bertz CT molecular complexity index is 331. The summed E-state index contributed by atoms with van der Waals surface area (Å²) in [5, 5.41) is 0. The van der Waals surface area contributed by atoms with Gasteiger partial charge in [0.05, 0.1) is 0 Å². The predicted octanol–water partition coefficient (Wildman–Crippen LogP) is 2.27. The van der Waals surface area contributed by atoms with E-state index in [0.717, 1.165) is 17.8 Å². The molecule has 0 unspecified atom stereocenters. The van der Waals surface area contributed by atoms with Gasteiger partial charge in [-0.3, -0.25) is 9.97 Å². The van der Waals surface area contributed by atoms with E-state index < -0.39 is 0 Å². The number of nitrogens with zero attached hydrogens (tertiary/aromatic N) is 2. The van der Waals surface area contributed by atoms with E-state index in [1.54, 1.807) is 6.20 Å². The van der Waals surface area contributed by atoms with Crippen LogP contribution in [0.2, 0.25) is 0 Å². The van der Waals surface area contributed by atoms with Crippen molar-refractivity contribution in [3.05, 3.63) is 66.6 Å². The van der Waals surface area contributed by atoms with E-state index in [0.29, 0.717) is 0 Å². The molecule has 2 heteroatoms. The summed E-state index contributed by atoms with van der Waals surface area (Å²) in [6.45, 7) is 0. The highest BCUT2D eigenvalue weighted by Gasteiger charge is 1.96. The molecule has 0 bridgehead atoms. The van der Waals surface area contributed by atoms with Crippen LogP contribution in [0.4, 0.5) is 0 Å². The van der Waals surface area contributed by atoms with E-state index in [1.807, 2.05) is 42.6 Å². The van der Waals surface area contributed by atoms with Gasteiger partial charge in [0.25, 0.3) is 0 Å². The molecule has 0 aliphatic carbocycles. The second-order valence-electron chi connectivity index (χ2n) is 2.98. The fourth-order valence-electron chi connectivity index (χ4n) is 1.22. The summed E-state index contributed by atoms with van der Waals surface area (Å²) in [5.74, 6) is 0. The van der Waals surface area contributed by atoms with Gasteiger partial charge in [-0.1, -0.05) is 12.1 Å². The van der Waals surface area contributed by atoms with Crippen LogP contribution in [0.25, 0.3) is 0 Å². The third kappa shape index (κ3) is 2.39. The smallest absolute Gasteiger partial charge is 0.0445 e. The predicted molar refractivity (Wildman–Crippen MR) is 55.6 cm³/mol. The summed E-state index contributed by atoms with van der Waals surface area (Å²) in [6, 6.07) is 11.8. The van der Waals surface area contributed by atoms with Crippen molar-refractivity contribution in [1.82, 2.24) is 9.97 Å². The summed E-state index contributed by atoms with van der Waals surface area (Å²) in [6.07, 6.45) is 6.51. The molecule has 0 saturated heterocycles. The van der Waals surface area contributed by atoms with Crippen LogP contribution in [-0.2, 0) is 6.42 Å². The molecule has 0 aromatic carbocycles. The minimum Gasteiger partial charge on any atom is -0.261 e. The monoisotopic (exact) mass is 183 g/mol. The summed E-state index contributed by atoms with van der Waals surface area (Å²) >= 11 is 0. The van der Waals surface area contributed by atoms with Gasteiger partial charge in [-0.05, 0) is 30.7 Å². The van der Waals surface area contributed by atoms with Crippen LogP contribution in [0.1, 0.15) is 11.4 Å². The van der Waals surface area contributed by atoms with E-state index in [9.17, 15) is 0 Å². The SMILES string of the molecule is [CH](Cc1ccccn1)c1ccccn1. The molecule has 2 aromatic rings. The van der Waals surface area contributed by atoms with Gasteiger partial charge < -0.3 is 0 Å². The maximum Gasteiger partial charge on any atom is 0.0445 e. The maximum absolute atomic E-state index is 4.23. The Balaban J connectivity index is 1.96. The Morgan fingerprint density at radius 1 is 0.929 bits per heavy atom. The molecule has 0 aliphatic heterocycles. The van der Waals surface area contributed by atoms with Gasteiger partial charge in [-0.15, -0.1) is 0 Å². The number of hydrogen-bond acceptors (Lipinski definition) is 2. The molecule has 0 atom stereocenters. The van der Waals surface area contributed by atoms with Crippen LogP contribution in [0.15, 0.2) is 48.8 Å². The largest absolute Gasteiger partial charge is 0.261 e. The van der Waals surface area contributed by atoms with Crippen molar-refractivity contribution in [3.8, 4) is 0 Å². The van der Waals surface area contributed by atoms with E-state index in [4.69, 9.17) is 0 Å². The van der Waals surface area contributed by atoms with Crippen LogP contribution in [0.3, 0.4) is 0 Å². The maximum atomic E-state index is 4.23. The number of hydrogen-bond donors (Lipinski definition) is 0. The van der Waals surface area contributed by atoms with Crippen LogP contribution in [-0.4, -0.2) is 9.97 Å². The minimum atomic E-state index is 0.831. The van der Waals surface area contributed by atoms with E-state index in [2.05, 4.69) is 16.4 Å². The molecule has 69 valence electrons. The zero-order valence-corrected chi connectivity index (χ0v) is 7.80. The van der Waals surface area contributed by atoms with Crippen molar-refractivity contribution < 1.29 is 0 Å². The van der Waals surface area contributed by atoms with Gasteiger partial charge in [-0.2, -0.15) is 0 Å². The summed E-state index contributed by atoms with van der Waals surface area (Å²) < 4.78 is 0. The molecule has 2 rings (SSSR count). The first-order valence-electron chi connectivity index (χ1n) is 4.59. The Morgan fingerprint density at radius 3 is 2.36 bits per heavy atom. The molecular weight excluding hydrogens is 172 g/mol. The van der Waals surface area contributed by atoms with Gasteiger partial charge in [0.2, 0.25) is 0 Å². The van der Waals surface area contributed by atoms with Crippen molar-refractivity contribution in [1.29, 1.82) is 0 Å². The van der Waals surface area contributed by atoms with Crippen molar-refractivity contribution in [2.45, 2.75) is 6.42 Å². The topological polar surface area (TPSA) is 25.8 Å². The molecule has 0 amide bonds. The highest BCUT2D eigenvalue weighted by atomic mass is 14.7. The normalized spacial score (nSPS) is 10.0. The van der Waals surface area contributed by atoms with Crippen LogP contribution >= 0.6 is 0 Å². The first-order valence-corrected chi connectivity index (χ1v) is 4.59. The van der Waals surface area contributed by atoms with Crippen molar-refractivity contribution in [2.24, 2.45) is 0 Å². The molecule has 2 heterocycles. The van der Waals surface area contributed by atoms with Crippen molar-refractivity contribution >= 4 is 0 Å². The highest BCUT2D eigenvalue weighted by Crippen LogP contribution is 2.03. The second-order valence-corrected chi connectivity index (χ2v) is 2.98. The highest BCUT2D eigenvalue weighted by molar-refractivity contribution is 5.17. The molecular formula is C12H11N2. The number of aromatic nitrogens is 2. The summed E-state index contributed by atoms with van der Waals surface area (Å²) in [5.41, 5.74) is 2.07. The Morgan fingerprint density at radius 2 is 1.71 bits per heavy atom. The van der Waals surface area contributed by atoms with Gasteiger partial charge in [-0.25, -0.2) is 0 Å². The van der Waals surface area contributed by atoms with E-state index in [-0.39, 0.29) is 0 Å². The lowest BCUT2D eigenvalue weighted by Crippen LogP contribution is -1.92. The van der Waals surface area contributed by atoms with Gasteiger partial charge in [0.1, 0.15) is 0 Å². The third-order valence-corrected chi connectivity index (χ3v) is 1.93. The first-order chi connectivity index (χ1) is 6.95. The van der Waals surface area contributed by atoms with Gasteiger partial charge >= 0.3 is 0 Å². The van der Waals surface area contributed by atoms with Gasteiger partial charge in [0.15, 0.2) is 0 Å². The fourth-order valence-corrected chi connectivity index (χ4v) is 1.22. The molecule has 0 N–H and O–H groups in total. The van der Waals surface area contributed by atoms with E-state index >= 15 is 0 Å². The molecule has 0 aliphatic rings. The van der Waals surface area contributed by atoms with Crippen molar-refractivity contribution in [3.63, 3.8) is 0 Å². The lowest BCUT2D eigenvalue weighted by Gasteiger charge is -1.98. The number of pyridine rings is 2. The fraction of sp³-hybridized carbons (Fsp3) is 0.0833. The van der Waals surface area contributed by atoms with E-state index in [1.165, 1.54) is 0 Å². The zero-order valence-electron chi connectivity index (χ0n) is 7.80. The molecule has 1 radical (unpaired) electrons. The molecule has 0 saturated carbocycles. The average molecular weight is 183 g/mol. The second kappa shape index (κ2) is 4.51. The quantitative estimate of drug-likeness (QED) is 0.729. The third-order valence-electron chi connectivity index (χ3n) is 1.93. The molecule has 2 aromatic heterocycles. The van der Waals surface area contributed by atoms with Crippen LogP contribution < -0.4 is 0 Å². The van der Waals surface area contributed by atoms with Gasteiger partial charge in [0, 0.05) is 30.2 Å². The number of rotatable bonds is 3. The molecule has 14 heavy (non-hydrogen) atoms. The lowest BCUT2D eigenvalue weighted by atomic mass is 10.1. The Labute approximate surface area is 83.7 Å².